The lowest BCUT2D eigenvalue weighted by molar-refractivity contribution is -0.383. The van der Waals surface area contributed by atoms with Gasteiger partial charge in [0, 0.05) is 12.1 Å². The zero-order valence-corrected chi connectivity index (χ0v) is 10.5. The lowest BCUT2D eigenvalue weighted by Crippen LogP contribution is -2.27. The molecule has 104 valence electrons. The van der Waals surface area contributed by atoms with Crippen molar-refractivity contribution in [3.8, 4) is 0 Å². The molecule has 1 aromatic heterocycles. The highest BCUT2D eigenvalue weighted by Gasteiger charge is 2.20. The molecule has 7 heteroatoms. The molecule has 1 aromatic carbocycles. The summed E-state index contributed by atoms with van der Waals surface area (Å²) >= 11 is 0. The molecule has 2 heterocycles. The highest BCUT2D eigenvalue weighted by molar-refractivity contribution is 5.88. The first-order chi connectivity index (χ1) is 9.66. The highest BCUT2D eigenvalue weighted by Crippen LogP contribution is 2.24. The van der Waals surface area contributed by atoms with E-state index >= 15 is 0 Å². The second kappa shape index (κ2) is 5.03. The van der Waals surface area contributed by atoms with Crippen LogP contribution >= 0.6 is 0 Å². The average Bonchev–Trinajstić information content (AvgIpc) is 2.94. The van der Waals surface area contributed by atoms with Crippen LogP contribution in [0.15, 0.2) is 35.1 Å². The van der Waals surface area contributed by atoms with Gasteiger partial charge in [0.2, 0.25) is 0 Å². The maximum atomic E-state index is 12.0. The molecule has 0 spiro atoms. The number of ether oxygens (including phenoxy) is 2. The maximum absolute atomic E-state index is 12.0. The van der Waals surface area contributed by atoms with Crippen molar-refractivity contribution >= 4 is 16.6 Å². The molecule has 0 radical (unpaired) electrons. The van der Waals surface area contributed by atoms with Crippen molar-refractivity contribution in [1.82, 2.24) is 4.57 Å². The molecular formula is C13H12N2O5. The first kappa shape index (κ1) is 12.8. The largest absolute Gasteiger partial charge is 0.348 e. The van der Waals surface area contributed by atoms with Gasteiger partial charge in [-0.25, -0.2) is 0 Å². The normalized spacial score (nSPS) is 15.8. The summed E-state index contributed by atoms with van der Waals surface area (Å²) in [5.74, 6) is 0. The molecule has 0 N–H and O–H groups in total. The minimum absolute atomic E-state index is 0.0236. The van der Waals surface area contributed by atoms with E-state index in [1.165, 1.54) is 22.8 Å². The van der Waals surface area contributed by atoms with E-state index < -0.39 is 11.2 Å². The number of hydrogen-bond acceptors (Lipinski definition) is 5. The summed E-state index contributed by atoms with van der Waals surface area (Å²) in [4.78, 5) is 22.5. The van der Waals surface area contributed by atoms with Crippen LogP contribution in [0.1, 0.15) is 0 Å². The van der Waals surface area contributed by atoms with Gasteiger partial charge in [-0.3, -0.25) is 14.9 Å². The maximum Gasteiger partial charge on any atom is 0.278 e. The van der Waals surface area contributed by atoms with Crippen LogP contribution in [0.25, 0.3) is 10.9 Å². The van der Waals surface area contributed by atoms with Crippen LogP contribution in [-0.4, -0.2) is 29.0 Å². The number of nitro groups is 1. The molecule has 7 nitrogen and oxygen atoms in total. The van der Waals surface area contributed by atoms with Gasteiger partial charge in [0.05, 0.1) is 35.6 Å². The van der Waals surface area contributed by atoms with Gasteiger partial charge in [-0.1, -0.05) is 6.07 Å². The lowest BCUT2D eigenvalue weighted by atomic mass is 10.2. The van der Waals surface area contributed by atoms with Gasteiger partial charge in [-0.05, 0) is 12.1 Å². The second-order valence-electron chi connectivity index (χ2n) is 4.42. The Morgan fingerprint density at radius 3 is 2.70 bits per heavy atom. The summed E-state index contributed by atoms with van der Waals surface area (Å²) in [7, 11) is 0. The summed E-state index contributed by atoms with van der Waals surface area (Å²) < 4.78 is 12.1. The summed E-state index contributed by atoms with van der Waals surface area (Å²) in [6, 6.07) is 7.46. The molecule has 0 aliphatic carbocycles. The molecule has 1 aliphatic rings. The summed E-state index contributed by atoms with van der Waals surface area (Å²) in [5.41, 5.74) is 0.243. The minimum atomic E-state index is -0.488. The monoisotopic (exact) mass is 276 g/mol. The number of pyridine rings is 1. The predicted octanol–water partition coefficient (Wildman–Crippen LogP) is 1.28. The highest BCUT2D eigenvalue weighted by atomic mass is 16.7. The van der Waals surface area contributed by atoms with Crippen molar-refractivity contribution in [3.05, 3.63) is 50.8 Å². The molecule has 0 bridgehead atoms. The van der Waals surface area contributed by atoms with E-state index in [0.29, 0.717) is 24.1 Å². The van der Waals surface area contributed by atoms with Crippen molar-refractivity contribution in [2.24, 2.45) is 0 Å². The van der Waals surface area contributed by atoms with E-state index in [1.54, 1.807) is 12.1 Å². The van der Waals surface area contributed by atoms with Crippen molar-refractivity contribution in [1.29, 1.82) is 0 Å². The number of benzene rings is 1. The Hall–Kier alpha value is -2.25. The Labute approximate surface area is 113 Å². The molecule has 2 aromatic rings. The molecule has 0 atom stereocenters. The molecule has 1 aliphatic heterocycles. The van der Waals surface area contributed by atoms with Gasteiger partial charge in [0.15, 0.2) is 6.29 Å². The number of nitrogens with zero attached hydrogens (tertiary/aromatic N) is 2. The molecule has 3 rings (SSSR count). The predicted molar refractivity (Wildman–Crippen MR) is 70.6 cm³/mol. The third kappa shape index (κ3) is 2.17. The van der Waals surface area contributed by atoms with Crippen molar-refractivity contribution in [3.63, 3.8) is 0 Å². The molecule has 0 saturated carbocycles. The van der Waals surface area contributed by atoms with E-state index in [2.05, 4.69) is 0 Å². The lowest BCUT2D eigenvalue weighted by Gasteiger charge is -2.13. The quantitative estimate of drug-likeness (QED) is 0.623. The number of hydrogen-bond donors (Lipinski definition) is 0. The Morgan fingerprint density at radius 1 is 1.25 bits per heavy atom. The van der Waals surface area contributed by atoms with Gasteiger partial charge in [0.1, 0.15) is 0 Å². The number of nitro benzene ring substituents is 1. The number of non-ortho nitro benzene ring substituents is 1. The van der Waals surface area contributed by atoms with Crippen LogP contribution in [-0.2, 0) is 16.0 Å². The van der Waals surface area contributed by atoms with Crippen LogP contribution in [0.5, 0.6) is 0 Å². The fourth-order valence-electron chi connectivity index (χ4n) is 2.32. The van der Waals surface area contributed by atoms with Crippen LogP contribution < -0.4 is 5.56 Å². The van der Waals surface area contributed by atoms with E-state index in [0.717, 1.165) is 0 Å². The minimum Gasteiger partial charge on any atom is -0.348 e. The van der Waals surface area contributed by atoms with Gasteiger partial charge < -0.3 is 14.0 Å². The fourth-order valence-corrected chi connectivity index (χ4v) is 2.32. The zero-order valence-electron chi connectivity index (χ0n) is 10.5. The molecule has 0 unspecified atom stereocenters. The Kier molecular flexibility index (Phi) is 3.21. The smallest absolute Gasteiger partial charge is 0.278 e. The SMILES string of the molecule is O=c1ccc2c([N+](=O)[O-])cccc2n1CC1OCCO1. The van der Waals surface area contributed by atoms with Gasteiger partial charge in [-0.2, -0.15) is 0 Å². The fraction of sp³-hybridized carbons (Fsp3) is 0.308. The first-order valence-electron chi connectivity index (χ1n) is 6.17. The Balaban J connectivity index is 2.14. The summed E-state index contributed by atoms with van der Waals surface area (Å²) in [6.07, 6.45) is -0.488. The van der Waals surface area contributed by atoms with E-state index in [-0.39, 0.29) is 17.8 Å². The number of aromatic nitrogens is 1. The first-order valence-corrected chi connectivity index (χ1v) is 6.17. The molecule has 20 heavy (non-hydrogen) atoms. The van der Waals surface area contributed by atoms with E-state index in [9.17, 15) is 14.9 Å². The average molecular weight is 276 g/mol. The third-order valence-electron chi connectivity index (χ3n) is 3.23. The number of fused-ring (bicyclic) bond motifs is 1. The molecular weight excluding hydrogens is 264 g/mol. The van der Waals surface area contributed by atoms with Gasteiger partial charge in [0.25, 0.3) is 11.2 Å². The van der Waals surface area contributed by atoms with Crippen LogP contribution in [0.2, 0.25) is 0 Å². The standard InChI is InChI=1S/C13H12N2O5/c16-12-5-4-9-10(2-1-3-11(9)15(17)18)14(12)8-13-19-6-7-20-13/h1-5,13H,6-8H2. The summed E-state index contributed by atoms with van der Waals surface area (Å²) in [5, 5.41) is 11.5. The van der Waals surface area contributed by atoms with Crippen LogP contribution in [0.3, 0.4) is 0 Å². The zero-order chi connectivity index (χ0) is 14.1. The molecule has 1 fully saturated rings. The van der Waals surface area contributed by atoms with Crippen LogP contribution in [0, 0.1) is 10.1 Å². The third-order valence-corrected chi connectivity index (χ3v) is 3.23. The molecule has 1 saturated heterocycles. The van der Waals surface area contributed by atoms with Gasteiger partial charge >= 0.3 is 0 Å². The van der Waals surface area contributed by atoms with E-state index in [4.69, 9.17) is 9.47 Å². The Morgan fingerprint density at radius 2 is 2.00 bits per heavy atom. The topological polar surface area (TPSA) is 83.6 Å². The second-order valence-corrected chi connectivity index (χ2v) is 4.42. The van der Waals surface area contributed by atoms with Gasteiger partial charge in [-0.15, -0.1) is 0 Å². The number of rotatable bonds is 3. The van der Waals surface area contributed by atoms with Crippen molar-refractivity contribution < 1.29 is 14.4 Å². The van der Waals surface area contributed by atoms with Crippen molar-refractivity contribution in [2.45, 2.75) is 12.8 Å². The van der Waals surface area contributed by atoms with E-state index in [1.807, 2.05) is 0 Å². The van der Waals surface area contributed by atoms with Crippen molar-refractivity contribution in [2.75, 3.05) is 13.2 Å². The summed E-state index contributed by atoms with van der Waals surface area (Å²) in [6.45, 7) is 1.20. The van der Waals surface area contributed by atoms with Crippen LogP contribution in [0.4, 0.5) is 5.69 Å². The molecule has 0 amide bonds. The Bertz CT molecular complexity index is 718.